The largest absolute Gasteiger partial charge is 0.485 e. The number of ether oxygens (including phenoxy) is 4. The number of hydrogen-bond acceptors (Lipinski definition) is 7. The van der Waals surface area contributed by atoms with Crippen LogP contribution in [0.4, 0.5) is 0 Å². The molecule has 1 aliphatic rings. The van der Waals surface area contributed by atoms with Crippen molar-refractivity contribution in [2.45, 2.75) is 6.10 Å². The molecule has 2 N–H and O–H groups in total. The van der Waals surface area contributed by atoms with Crippen LogP contribution in [0.25, 0.3) is 0 Å². The Morgan fingerprint density at radius 1 is 0.929 bits per heavy atom. The number of hydrazine groups is 1. The van der Waals surface area contributed by atoms with Crippen molar-refractivity contribution in [2.75, 3.05) is 19.8 Å². The minimum Gasteiger partial charge on any atom is -0.485 e. The Kier molecular flexibility index (Phi) is 6.29. The first-order valence-electron chi connectivity index (χ1n) is 8.42. The lowest BCUT2D eigenvalue weighted by molar-refractivity contribution is -0.151. The normalized spacial score (nSPS) is 14.5. The van der Waals surface area contributed by atoms with Crippen LogP contribution in [-0.4, -0.2) is 43.7 Å². The lowest BCUT2D eigenvalue weighted by Gasteiger charge is -2.25. The van der Waals surface area contributed by atoms with Gasteiger partial charge < -0.3 is 18.9 Å². The van der Waals surface area contributed by atoms with Crippen LogP contribution in [0, 0.1) is 0 Å². The predicted octanol–water partition coefficient (Wildman–Crippen LogP) is 0.596. The van der Waals surface area contributed by atoms with Crippen molar-refractivity contribution in [1.29, 1.82) is 0 Å². The van der Waals surface area contributed by atoms with Gasteiger partial charge in [-0.2, -0.15) is 0 Å². The van der Waals surface area contributed by atoms with Crippen LogP contribution in [0.5, 0.6) is 17.2 Å². The average molecular weight is 386 g/mol. The first-order valence-corrected chi connectivity index (χ1v) is 8.42. The van der Waals surface area contributed by atoms with Crippen LogP contribution in [0.2, 0.25) is 0 Å². The van der Waals surface area contributed by atoms with Crippen LogP contribution < -0.4 is 25.1 Å². The number of carbonyl (C=O) groups excluding carboxylic acids is 3. The standard InChI is InChI=1S/C19H18N2O7/c22-17(11-27-18(23)12-25-13-6-2-1-3-7-13)20-21-19(24)16-10-26-14-8-4-5-9-15(14)28-16/h1-9,16H,10-12H2,(H,20,22)(H,21,24)/t16-/m0/s1. The summed E-state index contributed by atoms with van der Waals surface area (Å²) in [5, 5.41) is 0. The number of benzene rings is 2. The summed E-state index contributed by atoms with van der Waals surface area (Å²) in [6, 6.07) is 15.6. The molecule has 0 spiro atoms. The quantitative estimate of drug-likeness (QED) is 0.552. The van der Waals surface area contributed by atoms with E-state index in [-0.39, 0.29) is 13.2 Å². The van der Waals surface area contributed by atoms with E-state index in [9.17, 15) is 14.4 Å². The molecule has 2 aromatic carbocycles. The second-order valence-corrected chi connectivity index (χ2v) is 5.66. The molecule has 0 unspecified atom stereocenters. The zero-order valence-corrected chi connectivity index (χ0v) is 14.8. The van der Waals surface area contributed by atoms with Gasteiger partial charge in [-0.05, 0) is 24.3 Å². The second-order valence-electron chi connectivity index (χ2n) is 5.66. The molecule has 1 atom stereocenters. The van der Waals surface area contributed by atoms with Gasteiger partial charge in [0.2, 0.25) is 6.10 Å². The number of fused-ring (bicyclic) bond motifs is 1. The van der Waals surface area contributed by atoms with Crippen molar-refractivity contribution < 1.29 is 33.3 Å². The van der Waals surface area contributed by atoms with Gasteiger partial charge in [0.05, 0.1) is 0 Å². The second kappa shape index (κ2) is 9.26. The third-order valence-electron chi connectivity index (χ3n) is 3.59. The number of para-hydroxylation sites is 3. The maximum Gasteiger partial charge on any atom is 0.344 e. The van der Waals surface area contributed by atoms with Crippen LogP contribution >= 0.6 is 0 Å². The fourth-order valence-corrected chi connectivity index (χ4v) is 2.24. The van der Waals surface area contributed by atoms with E-state index in [2.05, 4.69) is 10.9 Å². The van der Waals surface area contributed by atoms with E-state index in [1.54, 1.807) is 48.5 Å². The summed E-state index contributed by atoms with van der Waals surface area (Å²) in [6.07, 6.45) is -0.919. The van der Waals surface area contributed by atoms with Crippen molar-refractivity contribution in [3.63, 3.8) is 0 Å². The molecule has 0 saturated carbocycles. The Morgan fingerprint density at radius 2 is 1.64 bits per heavy atom. The molecule has 2 amide bonds. The molecule has 0 aliphatic carbocycles. The Morgan fingerprint density at radius 3 is 2.43 bits per heavy atom. The molecule has 146 valence electrons. The van der Waals surface area contributed by atoms with E-state index in [1.807, 2.05) is 6.07 Å². The van der Waals surface area contributed by atoms with Gasteiger partial charge in [0.25, 0.3) is 11.8 Å². The third kappa shape index (κ3) is 5.37. The van der Waals surface area contributed by atoms with E-state index in [4.69, 9.17) is 18.9 Å². The summed E-state index contributed by atoms with van der Waals surface area (Å²) in [5.74, 6) is -0.536. The Hall–Kier alpha value is -3.75. The highest BCUT2D eigenvalue weighted by Gasteiger charge is 2.27. The first kappa shape index (κ1) is 19.0. The Labute approximate surface area is 160 Å². The monoisotopic (exact) mass is 386 g/mol. The number of rotatable bonds is 6. The zero-order valence-electron chi connectivity index (χ0n) is 14.8. The summed E-state index contributed by atoms with van der Waals surface area (Å²) in [4.78, 5) is 35.3. The van der Waals surface area contributed by atoms with Crippen molar-refractivity contribution in [3.8, 4) is 17.2 Å². The van der Waals surface area contributed by atoms with Gasteiger partial charge in [-0.15, -0.1) is 0 Å². The van der Waals surface area contributed by atoms with Crippen LogP contribution in [0.1, 0.15) is 0 Å². The lowest BCUT2D eigenvalue weighted by atomic mass is 10.2. The molecule has 0 fully saturated rings. The van der Waals surface area contributed by atoms with E-state index >= 15 is 0 Å². The SMILES string of the molecule is O=C(COC(=O)COc1ccccc1)NNC(=O)[C@@H]1COc2ccccc2O1. The van der Waals surface area contributed by atoms with E-state index in [0.717, 1.165) is 0 Å². The third-order valence-corrected chi connectivity index (χ3v) is 3.59. The summed E-state index contributed by atoms with van der Waals surface area (Å²) in [6.45, 7) is -0.900. The van der Waals surface area contributed by atoms with Gasteiger partial charge in [-0.25, -0.2) is 4.79 Å². The number of nitrogens with one attached hydrogen (secondary N) is 2. The van der Waals surface area contributed by atoms with Crippen LogP contribution in [-0.2, 0) is 19.1 Å². The summed E-state index contributed by atoms with van der Waals surface area (Å²) in [7, 11) is 0. The van der Waals surface area contributed by atoms with Gasteiger partial charge in [0, 0.05) is 0 Å². The minimum atomic E-state index is -0.919. The Bertz CT molecular complexity index is 841. The number of esters is 1. The molecular weight excluding hydrogens is 368 g/mol. The van der Waals surface area contributed by atoms with E-state index in [1.165, 1.54) is 0 Å². The summed E-state index contributed by atoms with van der Waals surface area (Å²) >= 11 is 0. The highest BCUT2D eigenvalue weighted by molar-refractivity contribution is 5.86. The molecule has 1 heterocycles. The maximum absolute atomic E-state index is 12.1. The number of carbonyl (C=O) groups is 3. The molecule has 0 saturated heterocycles. The summed E-state index contributed by atoms with van der Waals surface area (Å²) < 4.78 is 20.9. The van der Waals surface area contributed by atoms with Crippen molar-refractivity contribution in [1.82, 2.24) is 10.9 Å². The minimum absolute atomic E-state index is 0.00449. The zero-order chi connectivity index (χ0) is 19.8. The average Bonchev–Trinajstić information content (AvgIpc) is 2.75. The van der Waals surface area contributed by atoms with Gasteiger partial charge in [-0.3, -0.25) is 20.4 Å². The van der Waals surface area contributed by atoms with Crippen LogP contribution in [0.3, 0.4) is 0 Å². The topological polar surface area (TPSA) is 112 Å². The molecular formula is C19H18N2O7. The number of hydrogen-bond donors (Lipinski definition) is 2. The van der Waals surface area contributed by atoms with E-state index < -0.39 is 30.5 Å². The van der Waals surface area contributed by atoms with Crippen molar-refractivity contribution in [2.24, 2.45) is 0 Å². The highest BCUT2D eigenvalue weighted by atomic mass is 16.6. The molecule has 28 heavy (non-hydrogen) atoms. The summed E-state index contributed by atoms with van der Waals surface area (Å²) in [5.41, 5.74) is 4.34. The molecule has 0 aromatic heterocycles. The van der Waals surface area contributed by atoms with Gasteiger partial charge in [0.15, 0.2) is 24.7 Å². The molecule has 2 aromatic rings. The highest BCUT2D eigenvalue weighted by Crippen LogP contribution is 2.30. The maximum atomic E-state index is 12.1. The fourth-order valence-electron chi connectivity index (χ4n) is 2.24. The predicted molar refractivity (Wildman–Crippen MR) is 95.5 cm³/mol. The van der Waals surface area contributed by atoms with Gasteiger partial charge >= 0.3 is 5.97 Å². The van der Waals surface area contributed by atoms with Crippen molar-refractivity contribution in [3.05, 3.63) is 54.6 Å². The fraction of sp³-hybridized carbons (Fsp3) is 0.211. The molecule has 0 bridgehead atoms. The Balaban J connectivity index is 1.34. The van der Waals surface area contributed by atoms with E-state index in [0.29, 0.717) is 17.2 Å². The van der Waals surface area contributed by atoms with Gasteiger partial charge in [-0.1, -0.05) is 30.3 Å². The molecule has 3 rings (SSSR count). The van der Waals surface area contributed by atoms with Gasteiger partial charge in [0.1, 0.15) is 12.4 Å². The lowest BCUT2D eigenvalue weighted by Crippen LogP contribution is -2.51. The molecule has 0 radical (unpaired) electrons. The smallest absolute Gasteiger partial charge is 0.344 e. The molecule has 9 nitrogen and oxygen atoms in total. The first-order chi connectivity index (χ1) is 13.6. The van der Waals surface area contributed by atoms with Crippen molar-refractivity contribution >= 4 is 17.8 Å². The molecule has 9 heteroatoms. The van der Waals surface area contributed by atoms with Crippen LogP contribution in [0.15, 0.2) is 54.6 Å². The molecule has 1 aliphatic heterocycles. The number of amides is 2.